The van der Waals surface area contributed by atoms with E-state index in [0.29, 0.717) is 40.0 Å². The quantitative estimate of drug-likeness (QED) is 0.544. The summed E-state index contributed by atoms with van der Waals surface area (Å²) in [6, 6.07) is 3.24. The summed E-state index contributed by atoms with van der Waals surface area (Å²) in [5, 5.41) is 8.10. The number of nitrogens with zero attached hydrogens (tertiary/aromatic N) is 3. The van der Waals surface area contributed by atoms with Crippen LogP contribution in [-0.2, 0) is 6.18 Å². The molecule has 1 fully saturated rings. The molecule has 4 rings (SSSR count). The van der Waals surface area contributed by atoms with Crippen molar-refractivity contribution in [2.75, 3.05) is 0 Å². The molecule has 0 aliphatic heterocycles. The molecule has 0 bridgehead atoms. The second-order valence-electron chi connectivity index (χ2n) is 7.52. The molecule has 0 amide bonds. The van der Waals surface area contributed by atoms with E-state index < -0.39 is 11.7 Å². The van der Waals surface area contributed by atoms with Gasteiger partial charge in [0, 0.05) is 11.5 Å². The Kier molecular flexibility index (Phi) is 4.81. The van der Waals surface area contributed by atoms with E-state index >= 15 is 0 Å². The van der Waals surface area contributed by atoms with Crippen molar-refractivity contribution in [3.63, 3.8) is 0 Å². The Hall–Kier alpha value is -2.15. The van der Waals surface area contributed by atoms with Crippen LogP contribution in [0.25, 0.3) is 22.3 Å². The van der Waals surface area contributed by atoms with Gasteiger partial charge in [-0.25, -0.2) is 4.98 Å². The van der Waals surface area contributed by atoms with Gasteiger partial charge in [0.05, 0.1) is 22.3 Å². The topological polar surface area (TPSA) is 54.5 Å². The molecule has 1 N–H and O–H groups in total. The number of hydrogen-bond donors (Lipinski definition) is 1. The van der Waals surface area contributed by atoms with E-state index in [2.05, 4.69) is 29.0 Å². The molecule has 28 heavy (non-hydrogen) atoms. The zero-order valence-electron chi connectivity index (χ0n) is 15.5. The first-order valence-corrected chi connectivity index (χ1v) is 9.75. The van der Waals surface area contributed by atoms with Crippen LogP contribution in [0.3, 0.4) is 0 Å². The number of hydrogen-bond acceptors (Lipinski definition) is 3. The van der Waals surface area contributed by atoms with Gasteiger partial charge in [-0.1, -0.05) is 37.9 Å². The lowest BCUT2D eigenvalue weighted by Gasteiger charge is -2.20. The molecule has 1 aromatic carbocycles. The zero-order valence-corrected chi connectivity index (χ0v) is 16.3. The number of aromatic amines is 1. The molecule has 0 saturated heterocycles. The summed E-state index contributed by atoms with van der Waals surface area (Å²) < 4.78 is 38.8. The van der Waals surface area contributed by atoms with Crippen LogP contribution < -0.4 is 0 Å². The molecule has 2 atom stereocenters. The van der Waals surface area contributed by atoms with Crippen LogP contribution in [0.4, 0.5) is 13.2 Å². The number of aromatic nitrogens is 4. The molecule has 2 unspecified atom stereocenters. The first-order valence-electron chi connectivity index (χ1n) is 9.38. The second kappa shape index (κ2) is 7.03. The Morgan fingerprint density at radius 3 is 2.64 bits per heavy atom. The van der Waals surface area contributed by atoms with Gasteiger partial charge in [0.2, 0.25) is 0 Å². The minimum Gasteiger partial charge on any atom is -0.340 e. The zero-order chi connectivity index (χ0) is 20.1. The lowest BCUT2D eigenvalue weighted by molar-refractivity contribution is -0.137. The van der Waals surface area contributed by atoms with E-state index in [0.717, 1.165) is 24.4 Å². The summed E-state index contributed by atoms with van der Waals surface area (Å²) in [6.07, 6.45) is 0.577. The maximum atomic E-state index is 12.9. The fourth-order valence-electron chi connectivity index (χ4n) is 3.76. The number of nitrogens with one attached hydrogen (secondary N) is 1. The summed E-state index contributed by atoms with van der Waals surface area (Å²) in [5.41, 5.74) is 1.27. The van der Waals surface area contributed by atoms with Crippen molar-refractivity contribution >= 4 is 22.6 Å². The van der Waals surface area contributed by atoms with Crippen LogP contribution >= 0.6 is 11.6 Å². The van der Waals surface area contributed by atoms with Gasteiger partial charge in [-0.05, 0) is 36.8 Å². The average molecular weight is 409 g/mol. The number of alkyl halides is 3. The van der Waals surface area contributed by atoms with Crippen molar-refractivity contribution in [1.82, 2.24) is 20.2 Å². The van der Waals surface area contributed by atoms with Crippen molar-refractivity contribution in [3.8, 4) is 11.3 Å². The third kappa shape index (κ3) is 3.48. The van der Waals surface area contributed by atoms with E-state index in [1.54, 1.807) is 6.20 Å². The highest BCUT2D eigenvalue weighted by molar-refractivity contribution is 6.33. The number of rotatable bonds is 5. The molecule has 2 heterocycles. The molecule has 2 aromatic heterocycles. The maximum Gasteiger partial charge on any atom is 0.416 e. The van der Waals surface area contributed by atoms with Crippen LogP contribution in [-0.4, -0.2) is 20.2 Å². The fourth-order valence-corrected chi connectivity index (χ4v) is 4.03. The average Bonchev–Trinajstić information content (AvgIpc) is 3.38. The molecule has 8 heteroatoms. The maximum absolute atomic E-state index is 12.9. The number of H-pyrrole nitrogens is 1. The summed E-state index contributed by atoms with van der Waals surface area (Å²) in [6.45, 7) is 4.39. The normalized spacial score (nSPS) is 17.1. The van der Waals surface area contributed by atoms with E-state index in [1.807, 2.05) is 0 Å². The molecular formula is C20H20ClF3N4. The Labute approximate surface area is 165 Å². The highest BCUT2D eigenvalue weighted by atomic mass is 35.5. The lowest BCUT2D eigenvalue weighted by Crippen LogP contribution is -2.13. The van der Waals surface area contributed by atoms with Gasteiger partial charge in [0.25, 0.3) is 0 Å². The van der Waals surface area contributed by atoms with Crippen molar-refractivity contribution in [1.29, 1.82) is 0 Å². The van der Waals surface area contributed by atoms with Gasteiger partial charge < -0.3 is 4.98 Å². The number of imidazole rings is 1. The fraction of sp³-hybridized carbons (Fsp3) is 0.450. The predicted molar refractivity (Wildman–Crippen MR) is 102 cm³/mol. The van der Waals surface area contributed by atoms with Gasteiger partial charge in [-0.2, -0.15) is 18.3 Å². The molecular weight excluding hydrogens is 389 g/mol. The van der Waals surface area contributed by atoms with E-state index in [4.69, 9.17) is 16.6 Å². The molecule has 3 aromatic rings. The number of halogens is 4. The third-order valence-corrected chi connectivity index (χ3v) is 5.89. The molecule has 1 aliphatic rings. The number of fused-ring (bicyclic) bond motifs is 1. The van der Waals surface area contributed by atoms with Gasteiger partial charge in [0.1, 0.15) is 17.0 Å². The van der Waals surface area contributed by atoms with Gasteiger partial charge in [0.15, 0.2) is 0 Å². The first kappa shape index (κ1) is 19.2. The molecule has 148 valence electrons. The summed E-state index contributed by atoms with van der Waals surface area (Å²) >= 11 is 6.17. The molecule has 4 nitrogen and oxygen atoms in total. The van der Waals surface area contributed by atoms with Crippen LogP contribution in [0.5, 0.6) is 0 Å². The first-order chi connectivity index (χ1) is 13.3. The minimum atomic E-state index is -4.45. The SMILES string of the molecule is CCC(C)C(c1nc2c(-c3ccc(C(F)(F)F)cc3Cl)nncc2[nH]1)C1CC1. The minimum absolute atomic E-state index is 0.0261. The predicted octanol–water partition coefficient (Wildman–Crippen LogP) is 6.23. The third-order valence-electron chi connectivity index (χ3n) is 5.57. The summed E-state index contributed by atoms with van der Waals surface area (Å²) in [4.78, 5) is 8.15. The molecule has 0 spiro atoms. The van der Waals surface area contributed by atoms with Crippen LogP contribution in [0.2, 0.25) is 5.02 Å². The van der Waals surface area contributed by atoms with Crippen molar-refractivity contribution in [3.05, 3.63) is 40.8 Å². The molecule has 1 aliphatic carbocycles. The van der Waals surface area contributed by atoms with Crippen molar-refractivity contribution < 1.29 is 13.2 Å². The highest BCUT2D eigenvalue weighted by Gasteiger charge is 2.37. The Morgan fingerprint density at radius 2 is 2.04 bits per heavy atom. The van der Waals surface area contributed by atoms with Gasteiger partial charge in [-0.3, -0.25) is 0 Å². The van der Waals surface area contributed by atoms with Crippen LogP contribution in [0.15, 0.2) is 24.4 Å². The van der Waals surface area contributed by atoms with E-state index in [9.17, 15) is 13.2 Å². The molecule has 1 saturated carbocycles. The van der Waals surface area contributed by atoms with Gasteiger partial charge in [-0.15, -0.1) is 5.10 Å². The van der Waals surface area contributed by atoms with Crippen LogP contribution in [0.1, 0.15) is 50.4 Å². The Morgan fingerprint density at radius 1 is 1.29 bits per heavy atom. The van der Waals surface area contributed by atoms with E-state index in [-0.39, 0.29) is 5.02 Å². The van der Waals surface area contributed by atoms with Crippen LogP contribution in [0, 0.1) is 11.8 Å². The van der Waals surface area contributed by atoms with Crippen molar-refractivity contribution in [2.45, 2.75) is 45.2 Å². The summed E-state index contributed by atoms with van der Waals surface area (Å²) in [7, 11) is 0. The van der Waals surface area contributed by atoms with Gasteiger partial charge >= 0.3 is 6.18 Å². The largest absolute Gasteiger partial charge is 0.416 e. The number of benzene rings is 1. The van der Waals surface area contributed by atoms with E-state index in [1.165, 1.54) is 18.9 Å². The molecule has 0 radical (unpaired) electrons. The lowest BCUT2D eigenvalue weighted by atomic mass is 9.87. The summed E-state index contributed by atoms with van der Waals surface area (Å²) in [5.74, 6) is 2.32. The Bertz CT molecular complexity index is 1010. The second-order valence-corrected chi connectivity index (χ2v) is 7.93. The Balaban J connectivity index is 1.80. The smallest absolute Gasteiger partial charge is 0.340 e. The highest BCUT2D eigenvalue weighted by Crippen LogP contribution is 2.47. The van der Waals surface area contributed by atoms with Crippen molar-refractivity contribution in [2.24, 2.45) is 11.8 Å². The standard InChI is InChI=1S/C20H20ClF3N4/c1-3-10(2)16(11-4-5-11)19-26-15-9-25-28-17(18(15)27-19)13-7-6-12(8-14(13)21)20(22,23)24/h6-11,16H,3-5H2,1-2H3,(H,26,27). The monoisotopic (exact) mass is 408 g/mol.